The highest BCUT2D eigenvalue weighted by atomic mass is 16.7. The first kappa shape index (κ1) is 18.5. The van der Waals surface area contributed by atoms with Crippen molar-refractivity contribution in [3.63, 3.8) is 0 Å². The van der Waals surface area contributed by atoms with Gasteiger partial charge in [0.1, 0.15) is 5.78 Å². The van der Waals surface area contributed by atoms with E-state index in [0.717, 1.165) is 63.7 Å². The molecule has 4 aliphatic carbocycles. The monoisotopic (exact) mass is 399 g/mol. The molecule has 5 fully saturated rings. The number of fused-ring (bicyclic) bond motifs is 6. The van der Waals surface area contributed by atoms with Crippen LogP contribution in [0.15, 0.2) is 16.8 Å². The van der Waals surface area contributed by atoms with Gasteiger partial charge in [-0.05, 0) is 73.8 Å². The summed E-state index contributed by atoms with van der Waals surface area (Å²) in [6.45, 7) is 6.57. The van der Waals surface area contributed by atoms with Gasteiger partial charge in [0.15, 0.2) is 0 Å². The van der Waals surface area contributed by atoms with Gasteiger partial charge in [0.2, 0.25) is 0 Å². The summed E-state index contributed by atoms with van der Waals surface area (Å²) in [5.41, 5.74) is 1.99. The molecule has 6 aliphatic rings. The molecular formula is C23H33N3O3. The summed E-state index contributed by atoms with van der Waals surface area (Å²) in [5, 5.41) is 19.3. The van der Waals surface area contributed by atoms with Gasteiger partial charge >= 0.3 is 0 Å². The zero-order valence-corrected chi connectivity index (χ0v) is 17.6. The number of carbonyl (C=O) groups excluding carboxylic acids is 1. The van der Waals surface area contributed by atoms with Gasteiger partial charge in [0.05, 0.1) is 23.9 Å². The zero-order valence-electron chi connectivity index (χ0n) is 17.6. The average Bonchev–Trinajstić information content (AvgIpc) is 3.03. The van der Waals surface area contributed by atoms with Crippen LogP contribution in [0.5, 0.6) is 0 Å². The molecule has 9 atom stereocenters. The molecule has 2 saturated heterocycles. The van der Waals surface area contributed by atoms with Gasteiger partial charge in [-0.25, -0.2) is 0 Å². The number of hydrogen-bond donors (Lipinski definition) is 2. The summed E-state index contributed by atoms with van der Waals surface area (Å²) in [5.74, 6) is 1.93. The van der Waals surface area contributed by atoms with Crippen molar-refractivity contribution < 1.29 is 14.8 Å². The summed E-state index contributed by atoms with van der Waals surface area (Å²) in [6, 6.07) is 0.774. The zero-order chi connectivity index (χ0) is 20.0. The molecule has 2 heterocycles. The van der Waals surface area contributed by atoms with E-state index in [1.54, 1.807) is 0 Å². The van der Waals surface area contributed by atoms with Crippen molar-refractivity contribution in [3.05, 3.63) is 11.6 Å². The molecule has 0 aromatic heterocycles. The molecule has 6 heteroatoms. The summed E-state index contributed by atoms with van der Waals surface area (Å²) >= 11 is 0. The minimum Gasteiger partial charge on any atom is -0.411 e. The Morgan fingerprint density at radius 1 is 1.24 bits per heavy atom. The molecule has 0 bridgehead atoms. The fourth-order valence-corrected chi connectivity index (χ4v) is 7.96. The SMILES string of the molecule is C[C@]12CC3C(C=C1/C(=N/O)C[C@@H]1[C@@H]2CC[C@]2(C)C(=O)CC[C@@H]12)N3O[C@H]1CCNC1. The molecule has 0 aromatic rings. The summed E-state index contributed by atoms with van der Waals surface area (Å²) in [4.78, 5) is 19.0. The molecule has 158 valence electrons. The molecular weight excluding hydrogens is 366 g/mol. The van der Waals surface area contributed by atoms with Crippen LogP contribution in [0.3, 0.4) is 0 Å². The number of Topliss-reactive ketones (excluding diaryl/α,β-unsaturated/α-hetero) is 1. The highest BCUT2D eigenvalue weighted by Crippen LogP contribution is 2.65. The van der Waals surface area contributed by atoms with Gasteiger partial charge in [0.25, 0.3) is 0 Å². The summed E-state index contributed by atoms with van der Waals surface area (Å²) in [7, 11) is 0. The van der Waals surface area contributed by atoms with Crippen LogP contribution >= 0.6 is 0 Å². The van der Waals surface area contributed by atoms with Crippen molar-refractivity contribution >= 4 is 11.5 Å². The van der Waals surface area contributed by atoms with E-state index in [0.29, 0.717) is 35.6 Å². The highest BCUT2D eigenvalue weighted by molar-refractivity contribution is 6.02. The maximum Gasteiger partial charge on any atom is 0.139 e. The van der Waals surface area contributed by atoms with Crippen LogP contribution in [0.1, 0.15) is 58.8 Å². The fourth-order valence-electron chi connectivity index (χ4n) is 7.96. The van der Waals surface area contributed by atoms with Gasteiger partial charge in [-0.2, -0.15) is 5.06 Å². The molecule has 0 spiro atoms. The molecule has 3 saturated carbocycles. The van der Waals surface area contributed by atoms with E-state index < -0.39 is 0 Å². The van der Waals surface area contributed by atoms with Crippen molar-refractivity contribution in [2.75, 3.05) is 13.1 Å². The second-order valence-corrected chi connectivity index (χ2v) is 10.9. The van der Waals surface area contributed by atoms with E-state index in [1.807, 2.05) is 0 Å². The van der Waals surface area contributed by atoms with Crippen molar-refractivity contribution in [2.24, 2.45) is 33.7 Å². The van der Waals surface area contributed by atoms with E-state index in [1.165, 1.54) is 5.57 Å². The number of rotatable bonds is 2. The van der Waals surface area contributed by atoms with E-state index >= 15 is 0 Å². The lowest BCUT2D eigenvalue weighted by Crippen LogP contribution is -2.53. The molecule has 2 aliphatic heterocycles. The maximum absolute atomic E-state index is 12.7. The van der Waals surface area contributed by atoms with Crippen LogP contribution in [0.2, 0.25) is 0 Å². The third-order valence-electron chi connectivity index (χ3n) is 9.62. The number of nitrogens with one attached hydrogen (secondary N) is 1. The minimum atomic E-state index is -0.152. The van der Waals surface area contributed by atoms with Crippen LogP contribution in [0.25, 0.3) is 0 Å². The van der Waals surface area contributed by atoms with E-state index in [-0.39, 0.29) is 16.9 Å². The third kappa shape index (κ3) is 2.45. The molecule has 3 unspecified atom stereocenters. The number of carbonyl (C=O) groups is 1. The Kier molecular flexibility index (Phi) is 3.92. The van der Waals surface area contributed by atoms with Gasteiger partial charge in [0, 0.05) is 18.4 Å². The normalized spacial score (nSPS) is 54.4. The Morgan fingerprint density at radius 3 is 2.83 bits per heavy atom. The Hall–Kier alpha value is -1.24. The van der Waals surface area contributed by atoms with Crippen LogP contribution < -0.4 is 5.32 Å². The molecule has 0 radical (unpaired) electrons. The molecule has 2 N–H and O–H groups in total. The summed E-state index contributed by atoms with van der Waals surface area (Å²) < 4.78 is 0. The first-order chi connectivity index (χ1) is 14.0. The quantitative estimate of drug-likeness (QED) is 0.424. The first-order valence-corrected chi connectivity index (χ1v) is 11.6. The Balaban J connectivity index is 1.30. The van der Waals surface area contributed by atoms with E-state index in [2.05, 4.69) is 35.5 Å². The largest absolute Gasteiger partial charge is 0.411 e. The Labute approximate surface area is 172 Å². The van der Waals surface area contributed by atoms with Crippen molar-refractivity contribution in [1.29, 1.82) is 0 Å². The molecule has 0 amide bonds. The molecule has 6 rings (SSSR count). The number of oxime groups is 1. The lowest BCUT2D eigenvalue weighted by atomic mass is 9.47. The predicted octanol–water partition coefficient (Wildman–Crippen LogP) is 2.91. The van der Waals surface area contributed by atoms with Gasteiger partial charge in [-0.1, -0.05) is 25.1 Å². The molecule has 0 aromatic carbocycles. The fraction of sp³-hybridized carbons (Fsp3) is 0.826. The highest BCUT2D eigenvalue weighted by Gasteiger charge is 2.64. The van der Waals surface area contributed by atoms with E-state index in [9.17, 15) is 10.0 Å². The van der Waals surface area contributed by atoms with Crippen molar-refractivity contribution in [1.82, 2.24) is 10.4 Å². The predicted molar refractivity (Wildman–Crippen MR) is 108 cm³/mol. The van der Waals surface area contributed by atoms with Crippen molar-refractivity contribution in [3.8, 4) is 0 Å². The topological polar surface area (TPSA) is 73.9 Å². The van der Waals surface area contributed by atoms with Gasteiger partial charge in [-0.3, -0.25) is 9.63 Å². The number of hydrogen-bond acceptors (Lipinski definition) is 6. The van der Waals surface area contributed by atoms with Crippen LogP contribution in [-0.4, -0.2) is 53.0 Å². The Bertz CT molecular complexity index is 803. The van der Waals surface area contributed by atoms with Crippen LogP contribution in [0.4, 0.5) is 0 Å². The van der Waals surface area contributed by atoms with Crippen LogP contribution in [0, 0.1) is 28.6 Å². The van der Waals surface area contributed by atoms with Gasteiger partial charge in [-0.15, -0.1) is 0 Å². The lowest BCUT2D eigenvalue weighted by molar-refractivity contribution is -0.132. The lowest BCUT2D eigenvalue weighted by Gasteiger charge is -2.56. The second kappa shape index (κ2) is 6.14. The third-order valence-corrected chi connectivity index (χ3v) is 9.62. The van der Waals surface area contributed by atoms with Crippen LogP contribution in [-0.2, 0) is 9.63 Å². The van der Waals surface area contributed by atoms with Crippen molar-refractivity contribution in [2.45, 2.75) is 77.0 Å². The second-order valence-electron chi connectivity index (χ2n) is 10.9. The molecule has 29 heavy (non-hydrogen) atoms. The van der Waals surface area contributed by atoms with Gasteiger partial charge < -0.3 is 10.5 Å². The minimum absolute atomic E-state index is 0.0185. The molecule has 6 nitrogen and oxygen atoms in total. The smallest absolute Gasteiger partial charge is 0.139 e. The number of nitrogens with zero attached hydrogens (tertiary/aromatic N) is 2. The number of ketones is 1. The maximum atomic E-state index is 12.7. The van der Waals surface area contributed by atoms with E-state index in [4.69, 9.17) is 4.84 Å². The summed E-state index contributed by atoms with van der Waals surface area (Å²) in [6.07, 6.45) is 9.48. The number of allylic oxidation sites excluding steroid dienone is 1. The standard InChI is InChI=1S/C23H33N3O3/c1-22-7-5-16-14(15(22)3-4-21(22)27)9-18(25-28)17-10-19-20(11-23(16,17)2)26(19)29-13-6-8-24-12-13/h10,13-16,19-20,24,28H,3-9,11-12H2,1-2H3/b25-18+/t13-,14-,15-,16-,19?,20?,22-,23+,26?/m0/s1. The number of hydroxylamine groups is 2. The first-order valence-electron chi connectivity index (χ1n) is 11.6. The average molecular weight is 400 g/mol. The Morgan fingerprint density at radius 2 is 2.07 bits per heavy atom.